The molecule has 0 unspecified atom stereocenters. The number of rotatable bonds is 4. The molecule has 3 rings (SSSR count). The molecule has 8 heteroatoms. The molecule has 2 aromatic rings. The number of pyridine rings is 1. The zero-order valence-electron chi connectivity index (χ0n) is 14.3. The Balaban J connectivity index is 1.69. The van der Waals surface area contributed by atoms with Gasteiger partial charge in [0.05, 0.1) is 24.0 Å². The van der Waals surface area contributed by atoms with E-state index in [4.69, 9.17) is 0 Å². The van der Waals surface area contributed by atoms with E-state index in [1.165, 1.54) is 11.8 Å². The normalized spacial score (nSPS) is 17.3. The lowest BCUT2D eigenvalue weighted by molar-refractivity contribution is -0.122. The number of hydrogen-bond donors (Lipinski definition) is 2. The first kappa shape index (κ1) is 17.8. The number of nitrogens with one attached hydrogen (secondary N) is 2. The van der Waals surface area contributed by atoms with E-state index < -0.39 is 23.6 Å². The third-order valence-corrected chi connectivity index (χ3v) is 4.32. The largest absolute Gasteiger partial charge is 0.346 e. The number of aromatic nitrogens is 1. The van der Waals surface area contributed by atoms with Crippen LogP contribution in [-0.4, -0.2) is 28.4 Å². The van der Waals surface area contributed by atoms with E-state index in [0.717, 1.165) is 11.8 Å². The lowest BCUT2D eigenvalue weighted by Crippen LogP contribution is -2.47. The number of halogens is 2. The predicted molar refractivity (Wildman–Crippen MR) is 91.3 cm³/mol. The lowest BCUT2D eigenvalue weighted by atomic mass is 10.0. The summed E-state index contributed by atoms with van der Waals surface area (Å²) in [5.74, 6) is -2.09. The van der Waals surface area contributed by atoms with Gasteiger partial charge in [-0.05, 0) is 25.5 Å². The zero-order valence-corrected chi connectivity index (χ0v) is 14.3. The molecule has 6 nitrogen and oxygen atoms in total. The number of anilines is 1. The highest BCUT2D eigenvalue weighted by Crippen LogP contribution is 2.32. The van der Waals surface area contributed by atoms with E-state index in [0.29, 0.717) is 11.8 Å². The highest BCUT2D eigenvalue weighted by atomic mass is 19.1. The summed E-state index contributed by atoms with van der Waals surface area (Å²) in [5.41, 5.74) is 1.55. The molecule has 1 aliphatic rings. The SMILES string of the molecule is C[C@H](NC(=O)CN1C(=O)Nc2ccccc2[C@@H]1C)c1ncc(F)cc1F. The van der Waals surface area contributed by atoms with Gasteiger partial charge in [0.25, 0.3) is 0 Å². The Labute approximate surface area is 149 Å². The minimum Gasteiger partial charge on any atom is -0.346 e. The fraction of sp³-hybridized carbons (Fsp3) is 0.278. The van der Waals surface area contributed by atoms with Crippen LogP contribution in [0.3, 0.4) is 0 Å². The van der Waals surface area contributed by atoms with E-state index in [-0.39, 0.29) is 24.3 Å². The third kappa shape index (κ3) is 3.49. The summed E-state index contributed by atoms with van der Waals surface area (Å²) in [7, 11) is 0. The van der Waals surface area contributed by atoms with Crippen LogP contribution in [0.5, 0.6) is 0 Å². The predicted octanol–water partition coefficient (Wildman–Crippen LogP) is 3.15. The third-order valence-electron chi connectivity index (χ3n) is 4.32. The second kappa shape index (κ2) is 7.07. The van der Waals surface area contributed by atoms with Crippen LogP contribution in [0, 0.1) is 11.6 Å². The monoisotopic (exact) mass is 360 g/mol. The molecule has 0 radical (unpaired) electrons. The number of carbonyl (C=O) groups is 2. The van der Waals surface area contributed by atoms with E-state index in [9.17, 15) is 18.4 Å². The molecule has 0 fully saturated rings. The maximum absolute atomic E-state index is 13.8. The molecule has 0 saturated heterocycles. The number of urea groups is 1. The molecular formula is C18H18F2N4O2. The zero-order chi connectivity index (χ0) is 18.8. The van der Waals surface area contributed by atoms with Crippen molar-refractivity contribution in [3.63, 3.8) is 0 Å². The smallest absolute Gasteiger partial charge is 0.322 e. The van der Waals surface area contributed by atoms with Gasteiger partial charge in [-0.3, -0.25) is 9.78 Å². The number of nitrogens with zero attached hydrogens (tertiary/aromatic N) is 2. The highest BCUT2D eigenvalue weighted by Gasteiger charge is 2.30. The van der Waals surface area contributed by atoms with Crippen LogP contribution in [-0.2, 0) is 4.79 Å². The van der Waals surface area contributed by atoms with Gasteiger partial charge in [0.2, 0.25) is 5.91 Å². The van der Waals surface area contributed by atoms with Crippen molar-refractivity contribution in [2.45, 2.75) is 25.9 Å². The van der Waals surface area contributed by atoms with Crippen molar-refractivity contribution in [1.82, 2.24) is 15.2 Å². The summed E-state index contributed by atoms with van der Waals surface area (Å²) in [6, 6.07) is 6.63. The van der Waals surface area contributed by atoms with Gasteiger partial charge in [-0.1, -0.05) is 18.2 Å². The first-order valence-electron chi connectivity index (χ1n) is 8.13. The van der Waals surface area contributed by atoms with Crippen molar-refractivity contribution >= 4 is 17.6 Å². The number of amides is 3. The topological polar surface area (TPSA) is 74.3 Å². The first-order chi connectivity index (χ1) is 12.4. The molecule has 0 bridgehead atoms. The molecule has 1 aliphatic heterocycles. The Morgan fingerprint density at radius 3 is 2.85 bits per heavy atom. The van der Waals surface area contributed by atoms with Crippen LogP contribution in [0.1, 0.15) is 37.2 Å². The molecule has 2 heterocycles. The van der Waals surface area contributed by atoms with Crippen molar-refractivity contribution in [3.05, 3.63) is 59.4 Å². The number of hydrogen-bond acceptors (Lipinski definition) is 3. The fourth-order valence-corrected chi connectivity index (χ4v) is 2.97. The quantitative estimate of drug-likeness (QED) is 0.880. The highest BCUT2D eigenvalue weighted by molar-refractivity contribution is 5.95. The molecule has 26 heavy (non-hydrogen) atoms. The van der Waals surface area contributed by atoms with Crippen molar-refractivity contribution in [3.8, 4) is 0 Å². The molecule has 1 aromatic heterocycles. The molecule has 0 spiro atoms. The maximum atomic E-state index is 13.8. The van der Waals surface area contributed by atoms with E-state index in [1.54, 1.807) is 6.07 Å². The van der Waals surface area contributed by atoms with Crippen LogP contribution < -0.4 is 10.6 Å². The Bertz CT molecular complexity index is 859. The van der Waals surface area contributed by atoms with Crippen molar-refractivity contribution in [1.29, 1.82) is 0 Å². The summed E-state index contributed by atoms with van der Waals surface area (Å²) in [4.78, 5) is 29.7. The first-order valence-corrected chi connectivity index (χ1v) is 8.13. The molecule has 1 aromatic carbocycles. The van der Waals surface area contributed by atoms with Gasteiger partial charge in [-0.25, -0.2) is 13.6 Å². The maximum Gasteiger partial charge on any atom is 0.322 e. The van der Waals surface area contributed by atoms with Crippen LogP contribution in [0.4, 0.5) is 19.3 Å². The molecule has 0 aliphatic carbocycles. The average molecular weight is 360 g/mol. The summed E-state index contributed by atoms with van der Waals surface area (Å²) in [5, 5.41) is 5.32. The summed E-state index contributed by atoms with van der Waals surface area (Å²) >= 11 is 0. The average Bonchev–Trinajstić information content (AvgIpc) is 2.58. The van der Waals surface area contributed by atoms with Gasteiger partial charge in [0.15, 0.2) is 0 Å². The Morgan fingerprint density at radius 2 is 2.12 bits per heavy atom. The Kier molecular flexibility index (Phi) is 4.83. The van der Waals surface area contributed by atoms with Gasteiger partial charge < -0.3 is 15.5 Å². The minimum absolute atomic E-state index is 0.0683. The molecule has 2 N–H and O–H groups in total. The fourth-order valence-electron chi connectivity index (χ4n) is 2.97. The van der Waals surface area contributed by atoms with E-state index in [2.05, 4.69) is 15.6 Å². The molecule has 2 atom stereocenters. The van der Waals surface area contributed by atoms with Gasteiger partial charge in [-0.2, -0.15) is 0 Å². The van der Waals surface area contributed by atoms with E-state index >= 15 is 0 Å². The minimum atomic E-state index is -0.837. The van der Waals surface area contributed by atoms with Gasteiger partial charge in [0, 0.05) is 11.8 Å². The van der Waals surface area contributed by atoms with Crippen LogP contribution in [0.25, 0.3) is 0 Å². The van der Waals surface area contributed by atoms with Crippen molar-refractivity contribution in [2.75, 3.05) is 11.9 Å². The number of para-hydroxylation sites is 1. The van der Waals surface area contributed by atoms with Crippen molar-refractivity contribution < 1.29 is 18.4 Å². The summed E-state index contributed by atoms with van der Waals surface area (Å²) < 4.78 is 26.7. The van der Waals surface area contributed by atoms with E-state index in [1.807, 2.05) is 25.1 Å². The molecular weight excluding hydrogens is 342 g/mol. The molecule has 3 amide bonds. The second-order valence-corrected chi connectivity index (χ2v) is 6.13. The summed E-state index contributed by atoms with van der Waals surface area (Å²) in [6.07, 6.45) is 0.887. The Morgan fingerprint density at radius 1 is 1.38 bits per heavy atom. The molecule has 136 valence electrons. The number of carbonyl (C=O) groups excluding carboxylic acids is 2. The van der Waals surface area contributed by atoms with Gasteiger partial charge in [0.1, 0.15) is 18.2 Å². The number of fused-ring (bicyclic) bond motifs is 1. The van der Waals surface area contributed by atoms with Gasteiger partial charge >= 0.3 is 6.03 Å². The van der Waals surface area contributed by atoms with Crippen molar-refractivity contribution in [2.24, 2.45) is 0 Å². The summed E-state index contributed by atoms with van der Waals surface area (Å²) in [6.45, 7) is 3.17. The second-order valence-electron chi connectivity index (χ2n) is 6.13. The lowest BCUT2D eigenvalue weighted by Gasteiger charge is -2.35. The van der Waals surface area contributed by atoms with Gasteiger partial charge in [-0.15, -0.1) is 0 Å². The Hall–Kier alpha value is -3.03. The number of benzene rings is 1. The van der Waals surface area contributed by atoms with Crippen LogP contribution >= 0.6 is 0 Å². The van der Waals surface area contributed by atoms with Crippen LogP contribution in [0.15, 0.2) is 36.5 Å². The molecule has 0 saturated carbocycles. The van der Waals surface area contributed by atoms with Crippen LogP contribution in [0.2, 0.25) is 0 Å². The standard InChI is InChI=1S/C18H18F2N4O2/c1-10(17-14(20)7-12(19)8-21-17)22-16(25)9-24-11(2)13-5-3-4-6-15(13)23-18(24)26/h3-8,10-11H,9H2,1-2H3,(H,22,25)(H,23,26)/t10-,11-/m0/s1.